The van der Waals surface area contributed by atoms with Crippen molar-refractivity contribution in [2.24, 2.45) is 0 Å². The average Bonchev–Trinajstić information content (AvgIpc) is 2.49. The van der Waals surface area contributed by atoms with Crippen LogP contribution in [0.25, 0.3) is 5.57 Å². The number of halogens is 1. The third kappa shape index (κ3) is 3.99. The van der Waals surface area contributed by atoms with Crippen molar-refractivity contribution in [1.82, 2.24) is 0 Å². The van der Waals surface area contributed by atoms with E-state index >= 15 is 0 Å². The summed E-state index contributed by atoms with van der Waals surface area (Å²) in [5, 5.41) is 0.749. The Morgan fingerprint density at radius 3 is 1.91 bits per heavy atom. The maximum atomic E-state index is 6.03. The van der Waals surface area contributed by atoms with Crippen LogP contribution in [-0.4, -0.2) is 0 Å². The van der Waals surface area contributed by atoms with Gasteiger partial charge in [0, 0.05) is 5.02 Å². The van der Waals surface area contributed by atoms with Crippen LogP contribution in [0, 0.1) is 0 Å². The molecule has 0 aliphatic heterocycles. The molecule has 0 unspecified atom stereocenters. The van der Waals surface area contributed by atoms with Crippen LogP contribution < -0.4 is 0 Å². The standard InChI is InChI=1S/C21H21Cl/c1-15(2)20(16(3)4)14-21(17-8-6-5-7-9-17)18-10-12-19(22)13-11-18/h5-14H,1H2,2-4H3/b21-14+. The summed E-state index contributed by atoms with van der Waals surface area (Å²) < 4.78 is 0. The lowest BCUT2D eigenvalue weighted by Gasteiger charge is -2.12. The van der Waals surface area contributed by atoms with Crippen molar-refractivity contribution in [3.8, 4) is 0 Å². The van der Waals surface area contributed by atoms with Crippen LogP contribution in [-0.2, 0) is 0 Å². The lowest BCUT2D eigenvalue weighted by Crippen LogP contribution is -1.92. The molecule has 0 radical (unpaired) electrons. The summed E-state index contributed by atoms with van der Waals surface area (Å²) in [6, 6.07) is 18.4. The highest BCUT2D eigenvalue weighted by Gasteiger charge is 2.07. The Balaban J connectivity index is 2.63. The van der Waals surface area contributed by atoms with Crippen molar-refractivity contribution >= 4 is 17.2 Å². The zero-order chi connectivity index (χ0) is 16.1. The van der Waals surface area contributed by atoms with Gasteiger partial charge < -0.3 is 0 Å². The number of hydrogen-bond acceptors (Lipinski definition) is 0. The highest BCUT2D eigenvalue weighted by Crippen LogP contribution is 2.28. The molecule has 2 rings (SSSR count). The molecule has 0 heterocycles. The molecular weight excluding hydrogens is 288 g/mol. The number of rotatable bonds is 4. The SMILES string of the molecule is C=C(C)C(/C=C(\c1ccccc1)c1ccc(Cl)cc1)=C(C)C. The molecule has 1 heteroatoms. The van der Waals surface area contributed by atoms with Gasteiger partial charge in [-0.1, -0.05) is 71.8 Å². The summed E-state index contributed by atoms with van der Waals surface area (Å²) in [6.45, 7) is 10.4. The van der Waals surface area contributed by atoms with Crippen molar-refractivity contribution in [2.75, 3.05) is 0 Å². The lowest BCUT2D eigenvalue weighted by molar-refractivity contribution is 1.29. The third-order valence-electron chi connectivity index (χ3n) is 3.53. The minimum absolute atomic E-state index is 0.749. The quantitative estimate of drug-likeness (QED) is 0.552. The minimum Gasteiger partial charge on any atom is -0.0955 e. The predicted molar refractivity (Wildman–Crippen MR) is 98.2 cm³/mol. The molecule has 2 aromatic carbocycles. The van der Waals surface area contributed by atoms with E-state index in [0.29, 0.717) is 0 Å². The summed E-state index contributed by atoms with van der Waals surface area (Å²) in [7, 11) is 0. The molecule has 0 saturated carbocycles. The molecule has 0 fully saturated rings. The average molecular weight is 309 g/mol. The van der Waals surface area contributed by atoms with E-state index in [1.807, 2.05) is 25.1 Å². The van der Waals surface area contributed by atoms with Gasteiger partial charge in [-0.25, -0.2) is 0 Å². The zero-order valence-electron chi connectivity index (χ0n) is 13.4. The van der Waals surface area contributed by atoms with Gasteiger partial charge in [0.25, 0.3) is 0 Å². The van der Waals surface area contributed by atoms with Crippen LogP contribution in [0.5, 0.6) is 0 Å². The van der Waals surface area contributed by atoms with Gasteiger partial charge in [-0.15, -0.1) is 0 Å². The van der Waals surface area contributed by atoms with E-state index in [2.05, 4.69) is 62.9 Å². The number of benzene rings is 2. The van der Waals surface area contributed by atoms with Crippen LogP contribution in [0.1, 0.15) is 31.9 Å². The van der Waals surface area contributed by atoms with Crippen LogP contribution in [0.3, 0.4) is 0 Å². The first-order valence-electron chi connectivity index (χ1n) is 7.35. The summed E-state index contributed by atoms with van der Waals surface area (Å²) in [5.74, 6) is 0. The van der Waals surface area contributed by atoms with Crippen molar-refractivity contribution in [2.45, 2.75) is 20.8 Å². The molecule has 0 spiro atoms. The second-order valence-corrected chi connectivity index (χ2v) is 6.06. The van der Waals surface area contributed by atoms with E-state index in [9.17, 15) is 0 Å². The Morgan fingerprint density at radius 2 is 1.41 bits per heavy atom. The molecule has 0 aliphatic rings. The van der Waals surface area contributed by atoms with E-state index in [1.165, 1.54) is 22.3 Å². The predicted octanol–water partition coefficient (Wildman–Crippen LogP) is 6.68. The van der Waals surface area contributed by atoms with Crippen molar-refractivity contribution in [1.29, 1.82) is 0 Å². The molecular formula is C21H21Cl. The maximum absolute atomic E-state index is 6.03. The lowest BCUT2D eigenvalue weighted by atomic mass is 9.93. The van der Waals surface area contributed by atoms with Gasteiger partial charge in [-0.3, -0.25) is 0 Å². The summed E-state index contributed by atoms with van der Waals surface area (Å²) in [4.78, 5) is 0. The smallest absolute Gasteiger partial charge is 0.0406 e. The molecule has 0 N–H and O–H groups in total. The highest BCUT2D eigenvalue weighted by atomic mass is 35.5. The molecule has 0 nitrogen and oxygen atoms in total. The summed E-state index contributed by atoms with van der Waals surface area (Å²) >= 11 is 6.03. The molecule has 0 aliphatic carbocycles. The van der Waals surface area contributed by atoms with Gasteiger partial charge >= 0.3 is 0 Å². The van der Waals surface area contributed by atoms with Crippen molar-refractivity contribution in [3.63, 3.8) is 0 Å². The largest absolute Gasteiger partial charge is 0.0955 e. The van der Waals surface area contributed by atoms with E-state index in [-0.39, 0.29) is 0 Å². The van der Waals surface area contributed by atoms with Crippen molar-refractivity contribution < 1.29 is 0 Å². The van der Waals surface area contributed by atoms with Crippen LogP contribution in [0.4, 0.5) is 0 Å². The first-order chi connectivity index (χ1) is 10.5. The monoisotopic (exact) mass is 308 g/mol. The van der Waals surface area contributed by atoms with E-state index in [1.54, 1.807) is 0 Å². The Hall–Kier alpha value is -2.05. The van der Waals surface area contributed by atoms with Gasteiger partial charge in [0.1, 0.15) is 0 Å². The first-order valence-corrected chi connectivity index (χ1v) is 7.73. The molecule has 0 saturated heterocycles. The Kier molecular flexibility index (Phi) is 5.41. The Bertz CT molecular complexity index is 712. The van der Waals surface area contributed by atoms with Gasteiger partial charge in [-0.2, -0.15) is 0 Å². The highest BCUT2D eigenvalue weighted by molar-refractivity contribution is 6.30. The maximum Gasteiger partial charge on any atom is 0.0406 e. The normalized spacial score (nSPS) is 11.2. The fraction of sp³-hybridized carbons (Fsp3) is 0.143. The third-order valence-corrected chi connectivity index (χ3v) is 3.78. The number of allylic oxidation sites excluding steroid dienone is 4. The van der Waals surface area contributed by atoms with Gasteiger partial charge in [0.15, 0.2) is 0 Å². The van der Waals surface area contributed by atoms with E-state index in [0.717, 1.165) is 16.2 Å². The summed E-state index contributed by atoms with van der Waals surface area (Å²) in [6.07, 6.45) is 2.22. The number of hydrogen-bond donors (Lipinski definition) is 0. The van der Waals surface area contributed by atoms with Crippen LogP contribution in [0.15, 0.2) is 84.0 Å². The Labute approximate surface area is 138 Å². The molecule has 0 aromatic heterocycles. The summed E-state index contributed by atoms with van der Waals surface area (Å²) in [5.41, 5.74) is 7.03. The fourth-order valence-corrected chi connectivity index (χ4v) is 2.55. The van der Waals surface area contributed by atoms with E-state index in [4.69, 9.17) is 11.6 Å². The fourth-order valence-electron chi connectivity index (χ4n) is 2.42. The molecule has 0 amide bonds. The van der Waals surface area contributed by atoms with Crippen molar-refractivity contribution in [3.05, 3.63) is 100 Å². The topological polar surface area (TPSA) is 0 Å². The Morgan fingerprint density at radius 1 is 0.864 bits per heavy atom. The van der Waals surface area contributed by atoms with Gasteiger partial charge in [0.2, 0.25) is 0 Å². The second-order valence-electron chi connectivity index (χ2n) is 5.62. The van der Waals surface area contributed by atoms with E-state index < -0.39 is 0 Å². The van der Waals surface area contributed by atoms with Crippen LogP contribution in [0.2, 0.25) is 5.02 Å². The molecule has 22 heavy (non-hydrogen) atoms. The van der Waals surface area contributed by atoms with Gasteiger partial charge in [-0.05, 0) is 61.3 Å². The zero-order valence-corrected chi connectivity index (χ0v) is 14.1. The van der Waals surface area contributed by atoms with Crippen LogP contribution >= 0.6 is 11.6 Å². The molecule has 0 bridgehead atoms. The molecule has 0 atom stereocenters. The first kappa shape index (κ1) is 16.3. The molecule has 112 valence electrons. The molecule has 2 aromatic rings. The minimum atomic E-state index is 0.749. The second kappa shape index (κ2) is 7.29. The van der Waals surface area contributed by atoms with Gasteiger partial charge in [0.05, 0.1) is 0 Å².